The van der Waals surface area contributed by atoms with Crippen molar-refractivity contribution in [1.29, 1.82) is 0 Å². The summed E-state index contributed by atoms with van der Waals surface area (Å²) in [5.74, 6) is -6.23. The highest BCUT2D eigenvalue weighted by molar-refractivity contribution is 9.10. The SMILES string of the molecule is NC(CC(F)(F)C(F)(F)Br)C(=O)O. The van der Waals surface area contributed by atoms with Crippen molar-refractivity contribution in [3.8, 4) is 0 Å². The van der Waals surface area contributed by atoms with E-state index in [1.54, 1.807) is 0 Å². The third-order valence-corrected chi connectivity index (χ3v) is 1.79. The molecule has 0 aliphatic heterocycles. The number of hydrogen-bond donors (Lipinski definition) is 2. The summed E-state index contributed by atoms with van der Waals surface area (Å²) in [6.07, 6.45) is -1.62. The summed E-state index contributed by atoms with van der Waals surface area (Å²) in [6.45, 7) is 0. The quantitative estimate of drug-likeness (QED) is 0.598. The summed E-state index contributed by atoms with van der Waals surface area (Å²) in [7, 11) is 0. The number of carboxylic acid groups (broad SMARTS) is 1. The number of nitrogens with two attached hydrogens (primary N) is 1. The zero-order valence-electron chi connectivity index (χ0n) is 6.11. The molecule has 0 rings (SSSR count). The van der Waals surface area contributed by atoms with Crippen molar-refractivity contribution in [3.63, 3.8) is 0 Å². The number of halogens is 5. The van der Waals surface area contributed by atoms with E-state index in [0.29, 0.717) is 0 Å². The Hall–Kier alpha value is -0.370. The number of hydrogen-bond acceptors (Lipinski definition) is 2. The van der Waals surface area contributed by atoms with Crippen LogP contribution in [0.1, 0.15) is 6.42 Å². The first-order valence-corrected chi connectivity index (χ1v) is 3.80. The van der Waals surface area contributed by atoms with Crippen molar-refractivity contribution in [3.05, 3.63) is 0 Å². The molecule has 0 amide bonds. The molecule has 8 heteroatoms. The molecule has 0 aromatic heterocycles. The third-order valence-electron chi connectivity index (χ3n) is 1.21. The average Bonchev–Trinajstić information content (AvgIpc) is 1.83. The van der Waals surface area contributed by atoms with E-state index < -0.39 is 29.2 Å². The second-order valence-electron chi connectivity index (χ2n) is 2.35. The van der Waals surface area contributed by atoms with Gasteiger partial charge in [-0.1, -0.05) is 0 Å². The van der Waals surface area contributed by atoms with E-state index in [-0.39, 0.29) is 0 Å². The summed E-state index contributed by atoms with van der Waals surface area (Å²) >= 11 is 1.45. The summed E-state index contributed by atoms with van der Waals surface area (Å²) in [6, 6.07) is -2.02. The van der Waals surface area contributed by atoms with Gasteiger partial charge in [-0.3, -0.25) is 4.79 Å². The van der Waals surface area contributed by atoms with Crippen LogP contribution in [0.15, 0.2) is 0 Å². The standard InChI is InChI=1S/C5H6BrF4NO2/c6-5(9,10)4(7,8)1-2(11)3(12)13/h2H,1,11H2,(H,12,13). The maximum atomic E-state index is 12.4. The van der Waals surface area contributed by atoms with Gasteiger partial charge in [0.1, 0.15) is 6.04 Å². The maximum Gasteiger partial charge on any atom is 0.363 e. The minimum Gasteiger partial charge on any atom is -0.480 e. The zero-order valence-corrected chi connectivity index (χ0v) is 7.69. The van der Waals surface area contributed by atoms with Crippen LogP contribution in [-0.2, 0) is 4.79 Å². The Morgan fingerprint density at radius 1 is 1.46 bits per heavy atom. The molecule has 1 atom stereocenters. The van der Waals surface area contributed by atoms with E-state index in [2.05, 4.69) is 5.73 Å². The van der Waals surface area contributed by atoms with Crippen LogP contribution in [0.2, 0.25) is 0 Å². The van der Waals surface area contributed by atoms with Crippen LogP contribution in [-0.4, -0.2) is 27.9 Å². The molecule has 13 heavy (non-hydrogen) atoms. The summed E-state index contributed by atoms with van der Waals surface area (Å²) in [4.78, 5) is 5.53. The number of aliphatic carboxylic acids is 1. The molecule has 0 saturated carbocycles. The van der Waals surface area contributed by atoms with E-state index in [4.69, 9.17) is 5.11 Å². The molecule has 78 valence electrons. The Labute approximate surface area is 79.0 Å². The van der Waals surface area contributed by atoms with Gasteiger partial charge in [0.05, 0.1) is 0 Å². The molecule has 0 saturated heterocycles. The van der Waals surface area contributed by atoms with Crippen molar-refractivity contribution in [1.82, 2.24) is 0 Å². The second-order valence-corrected chi connectivity index (χ2v) is 3.35. The molecule has 0 aromatic carbocycles. The van der Waals surface area contributed by atoms with Gasteiger partial charge in [0, 0.05) is 6.42 Å². The van der Waals surface area contributed by atoms with Crippen LogP contribution >= 0.6 is 15.9 Å². The number of carboxylic acids is 1. The Kier molecular flexibility index (Phi) is 3.68. The first-order valence-electron chi connectivity index (χ1n) is 3.01. The Bertz CT molecular complexity index is 205. The van der Waals surface area contributed by atoms with Crippen LogP contribution in [0.4, 0.5) is 17.6 Å². The van der Waals surface area contributed by atoms with Crippen LogP contribution in [0.25, 0.3) is 0 Å². The lowest BCUT2D eigenvalue weighted by molar-refractivity contribution is -0.162. The van der Waals surface area contributed by atoms with Gasteiger partial charge in [0.15, 0.2) is 0 Å². The molecule has 1 unspecified atom stereocenters. The topological polar surface area (TPSA) is 63.3 Å². The second kappa shape index (κ2) is 3.79. The van der Waals surface area contributed by atoms with Gasteiger partial charge in [-0.2, -0.15) is 17.6 Å². The van der Waals surface area contributed by atoms with Gasteiger partial charge in [-0.25, -0.2) is 0 Å². The fraction of sp³-hybridized carbons (Fsp3) is 0.800. The fourth-order valence-electron chi connectivity index (χ4n) is 0.479. The lowest BCUT2D eigenvalue weighted by Crippen LogP contribution is -2.43. The van der Waals surface area contributed by atoms with Crippen molar-refractivity contribution in [2.75, 3.05) is 0 Å². The molecule has 0 aliphatic rings. The minimum atomic E-state index is -4.48. The van der Waals surface area contributed by atoms with Crippen LogP contribution < -0.4 is 5.73 Å². The van der Waals surface area contributed by atoms with Gasteiger partial charge in [0.25, 0.3) is 0 Å². The first kappa shape index (κ1) is 12.6. The van der Waals surface area contributed by atoms with Crippen LogP contribution in [0.5, 0.6) is 0 Å². The number of carbonyl (C=O) groups is 1. The molecule has 3 N–H and O–H groups in total. The monoisotopic (exact) mass is 267 g/mol. The van der Waals surface area contributed by atoms with Crippen molar-refractivity contribution < 1.29 is 27.5 Å². The number of alkyl halides is 5. The smallest absolute Gasteiger partial charge is 0.363 e. The molecule has 0 aliphatic carbocycles. The van der Waals surface area contributed by atoms with Gasteiger partial charge in [-0.05, 0) is 15.9 Å². The predicted molar refractivity (Wildman–Crippen MR) is 39.0 cm³/mol. The lowest BCUT2D eigenvalue weighted by atomic mass is 10.1. The highest BCUT2D eigenvalue weighted by Crippen LogP contribution is 2.42. The van der Waals surface area contributed by atoms with Crippen molar-refractivity contribution in [2.45, 2.75) is 23.2 Å². The molecule has 0 radical (unpaired) electrons. The summed E-state index contributed by atoms with van der Waals surface area (Å²) in [5, 5.41) is 8.09. The maximum absolute atomic E-state index is 12.4. The first-order chi connectivity index (χ1) is 5.58. The summed E-state index contributed by atoms with van der Waals surface area (Å²) in [5.41, 5.74) is 4.67. The van der Waals surface area contributed by atoms with E-state index in [9.17, 15) is 22.4 Å². The van der Waals surface area contributed by atoms with Gasteiger partial charge in [-0.15, -0.1) is 0 Å². The highest BCUT2D eigenvalue weighted by Gasteiger charge is 2.55. The Morgan fingerprint density at radius 3 is 2.08 bits per heavy atom. The molecular formula is C5H6BrF4NO2. The zero-order chi connectivity index (χ0) is 10.9. The summed E-state index contributed by atoms with van der Waals surface area (Å²) < 4.78 is 48.9. The molecule has 0 heterocycles. The van der Waals surface area contributed by atoms with E-state index in [0.717, 1.165) is 0 Å². The van der Waals surface area contributed by atoms with E-state index in [1.807, 2.05) is 0 Å². The van der Waals surface area contributed by atoms with Gasteiger partial charge >= 0.3 is 16.7 Å². The van der Waals surface area contributed by atoms with Crippen LogP contribution in [0, 0.1) is 0 Å². The fourth-order valence-corrected chi connectivity index (χ4v) is 0.641. The van der Waals surface area contributed by atoms with Gasteiger partial charge in [0.2, 0.25) is 0 Å². The molecule has 3 nitrogen and oxygen atoms in total. The predicted octanol–water partition coefficient (Wildman–Crippen LogP) is 1.41. The van der Waals surface area contributed by atoms with E-state index >= 15 is 0 Å². The minimum absolute atomic E-state index is 1.45. The van der Waals surface area contributed by atoms with E-state index in [1.165, 1.54) is 15.9 Å². The molecule has 0 aromatic rings. The highest BCUT2D eigenvalue weighted by atomic mass is 79.9. The molecule has 0 bridgehead atoms. The lowest BCUT2D eigenvalue weighted by Gasteiger charge is -2.22. The Balaban J connectivity index is 4.43. The Morgan fingerprint density at radius 2 is 1.85 bits per heavy atom. The van der Waals surface area contributed by atoms with Gasteiger partial charge < -0.3 is 10.8 Å². The normalized spacial score (nSPS) is 15.5. The van der Waals surface area contributed by atoms with Crippen LogP contribution in [0.3, 0.4) is 0 Å². The van der Waals surface area contributed by atoms with Crippen molar-refractivity contribution >= 4 is 21.9 Å². The van der Waals surface area contributed by atoms with Crippen molar-refractivity contribution in [2.24, 2.45) is 5.73 Å². The molecule has 0 fully saturated rings. The third kappa shape index (κ3) is 3.47. The number of rotatable bonds is 4. The average molecular weight is 268 g/mol. The molecule has 0 spiro atoms. The molecular weight excluding hydrogens is 262 g/mol. The largest absolute Gasteiger partial charge is 0.480 e.